The SMILES string of the molecule is C1CO1.O=C(c1ccccc1)C(O)c1ccccc1. The molecule has 19 heavy (non-hydrogen) atoms. The molecular weight excluding hydrogens is 240 g/mol. The Bertz CT molecular complexity index is 503. The van der Waals surface area contributed by atoms with Gasteiger partial charge in [-0.1, -0.05) is 60.7 Å². The lowest BCUT2D eigenvalue weighted by Crippen LogP contribution is -2.11. The summed E-state index contributed by atoms with van der Waals surface area (Å²) in [5, 5.41) is 9.89. The minimum atomic E-state index is -1.08. The summed E-state index contributed by atoms with van der Waals surface area (Å²) in [6, 6.07) is 17.7. The van der Waals surface area contributed by atoms with E-state index in [4.69, 9.17) is 0 Å². The van der Waals surface area contributed by atoms with Crippen LogP contribution in [0.2, 0.25) is 0 Å². The lowest BCUT2D eigenvalue weighted by Gasteiger charge is -2.09. The van der Waals surface area contributed by atoms with E-state index in [9.17, 15) is 9.90 Å². The molecule has 3 rings (SSSR count). The van der Waals surface area contributed by atoms with Crippen molar-refractivity contribution in [3.05, 3.63) is 71.8 Å². The first-order chi connectivity index (χ1) is 9.29. The van der Waals surface area contributed by atoms with Gasteiger partial charge in [-0.2, -0.15) is 0 Å². The van der Waals surface area contributed by atoms with Crippen molar-refractivity contribution in [1.82, 2.24) is 0 Å². The zero-order valence-corrected chi connectivity index (χ0v) is 10.5. The second-order valence-corrected chi connectivity index (χ2v) is 4.16. The molecule has 1 N–H and O–H groups in total. The van der Waals surface area contributed by atoms with Gasteiger partial charge in [-0.3, -0.25) is 4.79 Å². The van der Waals surface area contributed by atoms with Gasteiger partial charge < -0.3 is 9.84 Å². The molecule has 1 aliphatic heterocycles. The number of ketones is 1. The van der Waals surface area contributed by atoms with Gasteiger partial charge in [-0.05, 0) is 5.56 Å². The van der Waals surface area contributed by atoms with E-state index in [2.05, 4.69) is 4.74 Å². The van der Waals surface area contributed by atoms with Crippen molar-refractivity contribution in [2.24, 2.45) is 0 Å². The van der Waals surface area contributed by atoms with E-state index in [1.165, 1.54) is 0 Å². The Labute approximate surface area is 112 Å². The number of aliphatic hydroxyl groups excluding tert-OH is 1. The van der Waals surface area contributed by atoms with Gasteiger partial charge >= 0.3 is 0 Å². The van der Waals surface area contributed by atoms with Crippen molar-refractivity contribution < 1.29 is 14.6 Å². The summed E-state index contributed by atoms with van der Waals surface area (Å²) in [5.41, 5.74) is 1.15. The molecule has 1 fully saturated rings. The predicted octanol–water partition coefficient (Wildman–Crippen LogP) is 2.62. The molecule has 3 heteroatoms. The molecule has 1 unspecified atom stereocenters. The Morgan fingerprint density at radius 3 is 1.89 bits per heavy atom. The van der Waals surface area contributed by atoms with E-state index >= 15 is 0 Å². The van der Waals surface area contributed by atoms with E-state index in [1.54, 1.807) is 48.5 Å². The van der Waals surface area contributed by atoms with Crippen molar-refractivity contribution in [2.75, 3.05) is 13.2 Å². The number of benzene rings is 2. The molecule has 0 aliphatic carbocycles. The summed E-state index contributed by atoms with van der Waals surface area (Å²) in [6.07, 6.45) is -1.08. The third-order valence-corrected chi connectivity index (χ3v) is 2.63. The van der Waals surface area contributed by atoms with Crippen LogP contribution in [0, 0.1) is 0 Å². The van der Waals surface area contributed by atoms with Crippen LogP contribution in [0.5, 0.6) is 0 Å². The monoisotopic (exact) mass is 256 g/mol. The fourth-order valence-electron chi connectivity index (χ4n) is 1.55. The number of ether oxygens (including phenoxy) is 1. The minimum absolute atomic E-state index is 0.271. The van der Waals surface area contributed by atoms with Crippen molar-refractivity contribution in [3.8, 4) is 0 Å². The molecule has 1 heterocycles. The molecule has 0 spiro atoms. The quantitative estimate of drug-likeness (QED) is 0.678. The average molecular weight is 256 g/mol. The van der Waals surface area contributed by atoms with E-state index in [0.717, 1.165) is 13.2 Å². The summed E-state index contributed by atoms with van der Waals surface area (Å²) in [5.74, 6) is -0.271. The second kappa shape index (κ2) is 6.83. The van der Waals surface area contributed by atoms with Gasteiger partial charge in [0.15, 0.2) is 5.78 Å². The van der Waals surface area contributed by atoms with Crippen LogP contribution in [0.25, 0.3) is 0 Å². The van der Waals surface area contributed by atoms with Gasteiger partial charge in [0.1, 0.15) is 6.10 Å². The van der Waals surface area contributed by atoms with Gasteiger partial charge in [0.2, 0.25) is 0 Å². The van der Waals surface area contributed by atoms with Crippen LogP contribution in [-0.2, 0) is 4.74 Å². The van der Waals surface area contributed by atoms with Crippen LogP contribution < -0.4 is 0 Å². The number of carbonyl (C=O) groups excluding carboxylic acids is 1. The highest BCUT2D eigenvalue weighted by molar-refractivity contribution is 5.99. The smallest absolute Gasteiger partial charge is 0.195 e. The average Bonchev–Trinajstić information content (AvgIpc) is 3.36. The van der Waals surface area contributed by atoms with Crippen LogP contribution in [0.4, 0.5) is 0 Å². The van der Waals surface area contributed by atoms with E-state index < -0.39 is 6.10 Å². The summed E-state index contributed by atoms with van der Waals surface area (Å²) >= 11 is 0. The Hall–Kier alpha value is -1.97. The number of Topliss-reactive ketones (excluding diaryl/α,β-unsaturated/α-hetero) is 1. The lowest BCUT2D eigenvalue weighted by molar-refractivity contribution is 0.0747. The zero-order chi connectivity index (χ0) is 13.5. The third-order valence-electron chi connectivity index (χ3n) is 2.63. The summed E-state index contributed by atoms with van der Waals surface area (Å²) in [7, 11) is 0. The van der Waals surface area contributed by atoms with Gasteiger partial charge in [-0.15, -0.1) is 0 Å². The Balaban J connectivity index is 0.000000390. The van der Waals surface area contributed by atoms with Crippen LogP contribution >= 0.6 is 0 Å². The summed E-state index contributed by atoms with van der Waals surface area (Å²) in [4.78, 5) is 11.9. The van der Waals surface area contributed by atoms with Crippen LogP contribution in [0.15, 0.2) is 60.7 Å². The molecule has 2 aromatic rings. The Morgan fingerprint density at radius 1 is 0.947 bits per heavy atom. The number of rotatable bonds is 3. The van der Waals surface area contributed by atoms with Crippen LogP contribution in [-0.4, -0.2) is 24.1 Å². The molecule has 3 nitrogen and oxygen atoms in total. The lowest BCUT2D eigenvalue weighted by atomic mass is 10.0. The van der Waals surface area contributed by atoms with Crippen LogP contribution in [0.1, 0.15) is 22.0 Å². The summed E-state index contributed by atoms with van der Waals surface area (Å²) in [6.45, 7) is 2.00. The normalized spacial score (nSPS) is 13.9. The highest BCUT2D eigenvalue weighted by Crippen LogP contribution is 2.17. The molecule has 0 amide bonds. The van der Waals surface area contributed by atoms with Crippen molar-refractivity contribution in [2.45, 2.75) is 6.10 Å². The molecule has 0 bridgehead atoms. The Kier molecular flexibility index (Phi) is 4.84. The fraction of sp³-hybridized carbons (Fsp3) is 0.188. The molecular formula is C16H16O3. The zero-order valence-electron chi connectivity index (χ0n) is 10.5. The first kappa shape index (κ1) is 13.5. The van der Waals surface area contributed by atoms with E-state index in [1.807, 2.05) is 12.1 Å². The third kappa shape index (κ3) is 4.32. The Morgan fingerprint density at radius 2 is 1.42 bits per heavy atom. The van der Waals surface area contributed by atoms with Gasteiger partial charge in [0, 0.05) is 5.56 Å². The molecule has 2 aromatic carbocycles. The van der Waals surface area contributed by atoms with Gasteiger partial charge in [0.05, 0.1) is 13.2 Å². The molecule has 1 saturated heterocycles. The number of aliphatic hydroxyl groups is 1. The molecule has 98 valence electrons. The number of hydrogen-bond donors (Lipinski definition) is 1. The molecule has 0 aromatic heterocycles. The van der Waals surface area contributed by atoms with Crippen LogP contribution in [0.3, 0.4) is 0 Å². The molecule has 0 saturated carbocycles. The number of hydrogen-bond acceptors (Lipinski definition) is 3. The molecule has 1 atom stereocenters. The van der Waals surface area contributed by atoms with E-state index in [-0.39, 0.29) is 5.78 Å². The second-order valence-electron chi connectivity index (χ2n) is 4.16. The maximum absolute atomic E-state index is 11.9. The molecule has 0 radical (unpaired) electrons. The number of epoxide rings is 1. The summed E-state index contributed by atoms with van der Waals surface area (Å²) < 4.78 is 4.50. The maximum Gasteiger partial charge on any atom is 0.195 e. The first-order valence-corrected chi connectivity index (χ1v) is 6.19. The van der Waals surface area contributed by atoms with Crippen molar-refractivity contribution in [1.29, 1.82) is 0 Å². The fourth-order valence-corrected chi connectivity index (χ4v) is 1.55. The maximum atomic E-state index is 11.9. The standard InChI is InChI=1S/C14H12O2.C2H4O/c15-13(11-7-3-1-4-8-11)14(16)12-9-5-2-6-10-12;1-2-3-1/h1-10,13,15H;1-2H2. The predicted molar refractivity (Wildman–Crippen MR) is 73.0 cm³/mol. The highest BCUT2D eigenvalue weighted by atomic mass is 16.6. The van der Waals surface area contributed by atoms with Gasteiger partial charge in [0.25, 0.3) is 0 Å². The van der Waals surface area contributed by atoms with Crippen molar-refractivity contribution in [3.63, 3.8) is 0 Å². The topological polar surface area (TPSA) is 49.8 Å². The number of carbonyl (C=O) groups is 1. The first-order valence-electron chi connectivity index (χ1n) is 6.19. The van der Waals surface area contributed by atoms with E-state index in [0.29, 0.717) is 11.1 Å². The largest absolute Gasteiger partial charge is 0.380 e. The van der Waals surface area contributed by atoms with Gasteiger partial charge in [-0.25, -0.2) is 0 Å². The minimum Gasteiger partial charge on any atom is -0.380 e. The highest BCUT2D eigenvalue weighted by Gasteiger charge is 2.18. The van der Waals surface area contributed by atoms with Crippen molar-refractivity contribution >= 4 is 5.78 Å². The molecule has 1 aliphatic rings.